The predicted octanol–water partition coefficient (Wildman–Crippen LogP) is 5.97. The van der Waals surface area contributed by atoms with Gasteiger partial charge in [-0.1, -0.05) is 86.8 Å². The van der Waals surface area contributed by atoms with Gasteiger partial charge in [0.15, 0.2) is 0 Å². The van der Waals surface area contributed by atoms with Crippen LogP contribution in [0.3, 0.4) is 0 Å². The molecule has 2 aromatic carbocycles. The van der Waals surface area contributed by atoms with E-state index in [-0.39, 0.29) is 0 Å². The summed E-state index contributed by atoms with van der Waals surface area (Å²) in [7, 11) is 0. The molecule has 0 amide bonds. The van der Waals surface area contributed by atoms with Crippen LogP contribution in [0.2, 0.25) is 0 Å². The van der Waals surface area contributed by atoms with Crippen LogP contribution in [0.15, 0.2) is 73.1 Å². The quantitative estimate of drug-likeness (QED) is 0.272. The van der Waals surface area contributed by atoms with E-state index in [9.17, 15) is 0 Å². The summed E-state index contributed by atoms with van der Waals surface area (Å²) in [5, 5.41) is 0. The van der Waals surface area contributed by atoms with Gasteiger partial charge in [0.2, 0.25) is 0 Å². The number of aryl methyl sites for hydroxylation is 3. The van der Waals surface area contributed by atoms with E-state index >= 15 is 0 Å². The van der Waals surface area contributed by atoms with Gasteiger partial charge in [-0.25, -0.2) is 9.13 Å². The summed E-state index contributed by atoms with van der Waals surface area (Å²) in [6.45, 7) is 4.50. The second-order valence-electron chi connectivity index (χ2n) is 7.77. The lowest BCUT2D eigenvalue weighted by Crippen LogP contribution is -2.37. The summed E-state index contributed by atoms with van der Waals surface area (Å²) in [5.74, 6) is 1.44. The highest BCUT2D eigenvalue weighted by molar-refractivity contribution is 5.18. The lowest BCUT2D eigenvalue weighted by Gasteiger charge is -2.07. The van der Waals surface area contributed by atoms with Gasteiger partial charge in [0.25, 0.3) is 5.82 Å². The Kier molecular flexibility index (Phi) is 8.36. The monoisotopic (exact) mass is 375 g/mol. The molecule has 0 saturated heterocycles. The van der Waals surface area contributed by atoms with Gasteiger partial charge in [0.1, 0.15) is 12.4 Å². The molecule has 0 radical (unpaired) electrons. The number of hydrogen-bond donors (Lipinski definition) is 0. The van der Waals surface area contributed by atoms with E-state index in [1.807, 2.05) is 0 Å². The summed E-state index contributed by atoms with van der Waals surface area (Å²) in [6, 6.07) is 21.7. The first kappa shape index (κ1) is 20.4. The van der Waals surface area contributed by atoms with Crippen molar-refractivity contribution in [2.45, 2.75) is 71.4 Å². The van der Waals surface area contributed by atoms with Crippen molar-refractivity contribution >= 4 is 0 Å². The molecule has 0 aliphatic heterocycles. The van der Waals surface area contributed by atoms with Gasteiger partial charge < -0.3 is 0 Å². The zero-order valence-corrected chi connectivity index (χ0v) is 17.4. The van der Waals surface area contributed by atoms with Crippen LogP contribution in [0, 0.1) is 0 Å². The van der Waals surface area contributed by atoms with Gasteiger partial charge in [-0.2, -0.15) is 0 Å². The minimum atomic E-state index is 1.01. The molecule has 3 aromatic rings. The summed E-state index contributed by atoms with van der Waals surface area (Å²) in [5.41, 5.74) is 2.83. The van der Waals surface area contributed by atoms with Crippen molar-refractivity contribution in [2.75, 3.05) is 0 Å². The number of benzene rings is 2. The highest BCUT2D eigenvalue weighted by Gasteiger charge is 2.17. The van der Waals surface area contributed by atoms with Crippen molar-refractivity contribution in [3.63, 3.8) is 0 Å². The van der Waals surface area contributed by atoms with Crippen LogP contribution in [0.4, 0.5) is 0 Å². The van der Waals surface area contributed by atoms with Crippen molar-refractivity contribution in [1.82, 2.24) is 4.57 Å². The Hall–Kier alpha value is -2.35. The zero-order chi connectivity index (χ0) is 19.4. The first-order valence-corrected chi connectivity index (χ1v) is 11.0. The lowest BCUT2D eigenvalue weighted by atomic mass is 10.1. The summed E-state index contributed by atoms with van der Waals surface area (Å²) in [6.07, 6.45) is 14.6. The van der Waals surface area contributed by atoms with E-state index < -0.39 is 0 Å². The fourth-order valence-corrected chi connectivity index (χ4v) is 3.87. The molecule has 0 fully saturated rings. The Bertz CT molecular complexity index is 790. The highest BCUT2D eigenvalue weighted by Crippen LogP contribution is 2.11. The summed E-state index contributed by atoms with van der Waals surface area (Å²) in [4.78, 5) is 0. The van der Waals surface area contributed by atoms with Crippen LogP contribution >= 0.6 is 0 Å². The molecule has 1 aromatic heterocycles. The van der Waals surface area contributed by atoms with Gasteiger partial charge in [-0.15, -0.1) is 0 Å². The van der Waals surface area contributed by atoms with Gasteiger partial charge in [0, 0.05) is 0 Å². The topological polar surface area (TPSA) is 8.81 Å². The van der Waals surface area contributed by atoms with Gasteiger partial charge in [-0.3, -0.25) is 0 Å². The normalized spacial score (nSPS) is 11.0. The predicted molar refractivity (Wildman–Crippen MR) is 117 cm³/mol. The van der Waals surface area contributed by atoms with Crippen molar-refractivity contribution in [3.8, 4) is 0 Å². The number of aromatic nitrogens is 2. The number of hydrogen-bond acceptors (Lipinski definition) is 0. The van der Waals surface area contributed by atoms with Crippen molar-refractivity contribution < 1.29 is 4.57 Å². The molecule has 3 rings (SSSR count). The standard InChI is InChI=1S/C26H35N2/c1-2-3-4-5-12-19-27-21-22-28(20-13-18-24-14-8-6-9-15-24)26(27)23-25-16-10-7-11-17-25/h6-11,14-17,21-22H,2-5,12-13,18-20,23H2,1H3/q+1. The van der Waals surface area contributed by atoms with E-state index in [2.05, 4.69) is 89.1 Å². The van der Waals surface area contributed by atoms with E-state index in [1.165, 1.54) is 55.5 Å². The maximum absolute atomic E-state index is 2.49. The lowest BCUT2D eigenvalue weighted by molar-refractivity contribution is -0.703. The largest absolute Gasteiger partial charge is 0.260 e. The maximum Gasteiger partial charge on any atom is 0.260 e. The SMILES string of the molecule is CCCCCCCn1cc[n+](CCCc2ccccc2)c1Cc1ccccc1. The van der Waals surface area contributed by atoms with Crippen LogP contribution in [-0.4, -0.2) is 4.57 Å². The van der Waals surface area contributed by atoms with Crippen LogP contribution in [0.5, 0.6) is 0 Å². The van der Waals surface area contributed by atoms with E-state index in [0.29, 0.717) is 0 Å². The molecule has 1 heterocycles. The average molecular weight is 376 g/mol. The van der Waals surface area contributed by atoms with Crippen molar-refractivity contribution in [3.05, 3.63) is 90.0 Å². The Labute approximate surface area is 170 Å². The number of rotatable bonds is 12. The summed E-state index contributed by atoms with van der Waals surface area (Å²) < 4.78 is 4.96. The smallest absolute Gasteiger partial charge is 0.234 e. The van der Waals surface area contributed by atoms with Crippen LogP contribution < -0.4 is 4.57 Å². The first-order chi connectivity index (χ1) is 13.9. The van der Waals surface area contributed by atoms with Gasteiger partial charge in [-0.05, 0) is 36.8 Å². The van der Waals surface area contributed by atoms with E-state index in [0.717, 1.165) is 25.9 Å². The van der Waals surface area contributed by atoms with Crippen LogP contribution in [0.25, 0.3) is 0 Å². The number of unbranched alkanes of at least 4 members (excludes halogenated alkanes) is 4. The molecule has 0 spiro atoms. The molecular formula is C26H35N2+. The molecule has 0 bridgehead atoms. The molecule has 0 atom stereocenters. The molecule has 28 heavy (non-hydrogen) atoms. The zero-order valence-electron chi connectivity index (χ0n) is 17.4. The molecule has 2 heteroatoms. The Morgan fingerprint density at radius 1 is 0.750 bits per heavy atom. The van der Waals surface area contributed by atoms with Crippen molar-refractivity contribution in [1.29, 1.82) is 0 Å². The third-order valence-electron chi connectivity index (χ3n) is 5.50. The molecule has 0 unspecified atom stereocenters. The molecule has 0 N–H and O–H groups in total. The number of nitrogens with zero attached hydrogens (tertiary/aromatic N) is 2. The molecular weight excluding hydrogens is 340 g/mol. The molecule has 0 aliphatic carbocycles. The first-order valence-electron chi connectivity index (χ1n) is 11.0. The van der Waals surface area contributed by atoms with E-state index in [1.54, 1.807) is 0 Å². The minimum absolute atomic E-state index is 1.01. The molecule has 0 saturated carbocycles. The fourth-order valence-electron chi connectivity index (χ4n) is 3.87. The van der Waals surface area contributed by atoms with Gasteiger partial charge in [0.05, 0.1) is 19.5 Å². The summed E-state index contributed by atoms with van der Waals surface area (Å²) >= 11 is 0. The molecule has 0 aliphatic rings. The Morgan fingerprint density at radius 3 is 2.14 bits per heavy atom. The molecule has 2 nitrogen and oxygen atoms in total. The number of imidazole rings is 1. The second-order valence-corrected chi connectivity index (χ2v) is 7.77. The van der Waals surface area contributed by atoms with Crippen LogP contribution in [0.1, 0.15) is 62.4 Å². The second kappa shape index (κ2) is 11.5. The third kappa shape index (κ3) is 6.37. The highest BCUT2D eigenvalue weighted by atomic mass is 15.1. The maximum atomic E-state index is 2.49. The minimum Gasteiger partial charge on any atom is -0.234 e. The fraction of sp³-hybridized carbons (Fsp3) is 0.423. The average Bonchev–Trinajstić information content (AvgIpc) is 3.11. The van der Waals surface area contributed by atoms with Gasteiger partial charge >= 0.3 is 0 Å². The molecule has 148 valence electrons. The Balaban J connectivity index is 1.63. The third-order valence-corrected chi connectivity index (χ3v) is 5.50. The Morgan fingerprint density at radius 2 is 1.43 bits per heavy atom. The van der Waals surface area contributed by atoms with Crippen LogP contribution in [-0.2, 0) is 25.9 Å². The van der Waals surface area contributed by atoms with E-state index in [4.69, 9.17) is 0 Å². The van der Waals surface area contributed by atoms with Crippen molar-refractivity contribution in [2.24, 2.45) is 0 Å².